The van der Waals surface area contributed by atoms with Gasteiger partial charge in [-0.2, -0.15) is 5.26 Å². The van der Waals surface area contributed by atoms with Crippen molar-refractivity contribution in [3.63, 3.8) is 0 Å². The number of hydrogen-bond donors (Lipinski definition) is 1. The zero-order chi connectivity index (χ0) is 12.1. The number of anilines is 1. The van der Waals surface area contributed by atoms with E-state index in [1.807, 2.05) is 18.2 Å². The van der Waals surface area contributed by atoms with Crippen LogP contribution in [-0.2, 0) is 0 Å². The molecule has 0 aliphatic rings. The molecule has 1 N–H and O–H groups in total. The average molecular weight is 281 g/mol. The van der Waals surface area contributed by atoms with Gasteiger partial charge in [0.1, 0.15) is 0 Å². The van der Waals surface area contributed by atoms with Gasteiger partial charge in [-0.3, -0.25) is 0 Å². The Bertz CT molecular complexity index is 393. The highest BCUT2D eigenvalue weighted by Gasteiger charge is 2.06. The molecule has 3 heteroatoms. The second-order valence-electron chi connectivity index (χ2n) is 4.52. The van der Waals surface area contributed by atoms with Crippen LogP contribution in [0, 0.1) is 17.2 Å². The molecule has 1 atom stereocenters. The minimum absolute atomic E-state index is 0.417. The van der Waals surface area contributed by atoms with E-state index < -0.39 is 0 Å². The van der Waals surface area contributed by atoms with E-state index in [0.717, 1.165) is 16.6 Å². The fourth-order valence-electron chi connectivity index (χ4n) is 1.79. The highest BCUT2D eigenvalue weighted by molar-refractivity contribution is 9.10. The van der Waals surface area contributed by atoms with E-state index in [1.165, 1.54) is 0 Å². The second-order valence-corrected chi connectivity index (χ2v) is 5.43. The van der Waals surface area contributed by atoms with Gasteiger partial charge in [-0.05, 0) is 37.5 Å². The minimum atomic E-state index is 0.417. The first kappa shape index (κ1) is 13.1. The largest absolute Gasteiger partial charge is 0.383 e. The summed E-state index contributed by atoms with van der Waals surface area (Å²) in [7, 11) is 0. The van der Waals surface area contributed by atoms with Crippen molar-refractivity contribution in [1.29, 1.82) is 5.26 Å². The van der Waals surface area contributed by atoms with Gasteiger partial charge in [-0.25, -0.2) is 0 Å². The Morgan fingerprint density at radius 1 is 1.31 bits per heavy atom. The molecule has 0 saturated carbocycles. The van der Waals surface area contributed by atoms with Crippen molar-refractivity contribution in [1.82, 2.24) is 0 Å². The van der Waals surface area contributed by atoms with Gasteiger partial charge in [0.05, 0.1) is 11.6 Å². The zero-order valence-electron chi connectivity index (χ0n) is 9.92. The molecule has 0 amide bonds. The van der Waals surface area contributed by atoms with E-state index in [1.54, 1.807) is 0 Å². The van der Waals surface area contributed by atoms with Gasteiger partial charge < -0.3 is 5.32 Å². The van der Waals surface area contributed by atoms with Gasteiger partial charge in [0, 0.05) is 16.2 Å². The van der Waals surface area contributed by atoms with Gasteiger partial charge in [0.2, 0.25) is 0 Å². The summed E-state index contributed by atoms with van der Waals surface area (Å²) in [5.41, 5.74) is 1.67. The molecule has 16 heavy (non-hydrogen) atoms. The van der Waals surface area contributed by atoms with Crippen molar-refractivity contribution in [3.8, 4) is 6.07 Å². The Labute approximate surface area is 106 Å². The van der Waals surface area contributed by atoms with Gasteiger partial charge in [-0.15, -0.1) is 0 Å². The van der Waals surface area contributed by atoms with Crippen LogP contribution in [0.25, 0.3) is 0 Å². The van der Waals surface area contributed by atoms with Crippen molar-refractivity contribution in [2.24, 2.45) is 5.92 Å². The van der Waals surface area contributed by atoms with E-state index in [2.05, 4.69) is 48.1 Å². The Morgan fingerprint density at radius 2 is 2.00 bits per heavy atom. The summed E-state index contributed by atoms with van der Waals surface area (Å²) in [4.78, 5) is 0. The Kier molecular flexibility index (Phi) is 4.82. The van der Waals surface area contributed by atoms with Crippen LogP contribution in [0.4, 0.5) is 5.69 Å². The third-order valence-electron chi connectivity index (χ3n) is 2.26. The first-order valence-electron chi connectivity index (χ1n) is 5.48. The summed E-state index contributed by atoms with van der Waals surface area (Å²) in [6.07, 6.45) is 1.12. The van der Waals surface area contributed by atoms with Crippen molar-refractivity contribution in [3.05, 3.63) is 28.2 Å². The van der Waals surface area contributed by atoms with Gasteiger partial charge in [-0.1, -0.05) is 29.8 Å². The first-order valence-corrected chi connectivity index (χ1v) is 6.27. The monoisotopic (exact) mass is 280 g/mol. The molecule has 0 aliphatic carbocycles. The predicted octanol–water partition coefficient (Wildman–Crippen LogP) is 4.17. The summed E-state index contributed by atoms with van der Waals surface area (Å²) >= 11 is 3.40. The molecule has 86 valence electrons. The molecule has 0 heterocycles. The topological polar surface area (TPSA) is 35.8 Å². The number of nitriles is 1. The number of nitrogens with zero attached hydrogens (tertiary/aromatic N) is 1. The highest BCUT2D eigenvalue weighted by Crippen LogP contribution is 2.20. The maximum Gasteiger partial charge on any atom is 0.0992 e. The Hall–Kier alpha value is -1.01. The van der Waals surface area contributed by atoms with Crippen LogP contribution < -0.4 is 5.32 Å². The summed E-state index contributed by atoms with van der Waals surface area (Å²) in [6.45, 7) is 6.58. The molecule has 1 rings (SSSR count). The molecule has 0 saturated heterocycles. The molecular formula is C13H17BrN2. The molecule has 1 unspecified atom stereocenters. The highest BCUT2D eigenvalue weighted by atomic mass is 79.9. The molecule has 1 aromatic rings. The number of rotatable bonds is 4. The lowest BCUT2D eigenvalue weighted by Crippen LogP contribution is -2.17. The molecule has 0 radical (unpaired) electrons. The summed E-state index contributed by atoms with van der Waals surface area (Å²) in [6, 6.07) is 8.26. The maximum atomic E-state index is 8.87. The summed E-state index contributed by atoms with van der Waals surface area (Å²) in [5.74, 6) is 0.671. The number of benzene rings is 1. The molecule has 2 nitrogen and oxygen atoms in total. The van der Waals surface area contributed by atoms with Crippen molar-refractivity contribution in [2.75, 3.05) is 5.32 Å². The van der Waals surface area contributed by atoms with E-state index in [9.17, 15) is 0 Å². The zero-order valence-corrected chi connectivity index (χ0v) is 11.5. The first-order chi connectivity index (χ1) is 7.51. The van der Waals surface area contributed by atoms with Crippen molar-refractivity contribution < 1.29 is 0 Å². The lowest BCUT2D eigenvalue weighted by atomic mass is 10.0. The summed E-state index contributed by atoms with van der Waals surface area (Å²) in [5, 5.41) is 12.3. The Balaban J connectivity index is 2.74. The van der Waals surface area contributed by atoms with E-state index in [4.69, 9.17) is 5.26 Å². The fraction of sp³-hybridized carbons (Fsp3) is 0.462. The average Bonchev–Trinajstić information content (AvgIpc) is 2.14. The standard InChI is InChI=1S/C13H17BrN2/c1-9(2)4-10(3)16-13-6-11(8-15)5-12(14)7-13/h5-7,9-10,16H,4H2,1-3H3. The SMILES string of the molecule is CC(C)CC(C)Nc1cc(Br)cc(C#N)c1. The van der Waals surface area contributed by atoms with Gasteiger partial charge in [0.15, 0.2) is 0 Å². The van der Waals surface area contributed by atoms with Crippen LogP contribution in [-0.4, -0.2) is 6.04 Å². The normalized spacial score (nSPS) is 12.2. The van der Waals surface area contributed by atoms with Crippen molar-refractivity contribution >= 4 is 21.6 Å². The molecule has 0 aromatic heterocycles. The maximum absolute atomic E-state index is 8.87. The van der Waals surface area contributed by atoms with Crippen LogP contribution in [0.3, 0.4) is 0 Å². The van der Waals surface area contributed by atoms with E-state index >= 15 is 0 Å². The lowest BCUT2D eigenvalue weighted by molar-refractivity contribution is 0.540. The quantitative estimate of drug-likeness (QED) is 0.899. The van der Waals surface area contributed by atoms with E-state index in [-0.39, 0.29) is 0 Å². The summed E-state index contributed by atoms with van der Waals surface area (Å²) < 4.78 is 0.936. The van der Waals surface area contributed by atoms with Gasteiger partial charge in [0.25, 0.3) is 0 Å². The fourth-order valence-corrected chi connectivity index (χ4v) is 2.28. The molecule has 0 fully saturated rings. The third-order valence-corrected chi connectivity index (χ3v) is 2.72. The lowest BCUT2D eigenvalue weighted by Gasteiger charge is -2.17. The van der Waals surface area contributed by atoms with Crippen LogP contribution in [0.1, 0.15) is 32.8 Å². The number of hydrogen-bond acceptors (Lipinski definition) is 2. The van der Waals surface area contributed by atoms with Gasteiger partial charge >= 0.3 is 0 Å². The molecular weight excluding hydrogens is 264 g/mol. The molecule has 0 spiro atoms. The van der Waals surface area contributed by atoms with Crippen molar-refractivity contribution in [2.45, 2.75) is 33.2 Å². The number of nitrogens with one attached hydrogen (secondary N) is 1. The van der Waals surface area contributed by atoms with Crippen LogP contribution in [0.5, 0.6) is 0 Å². The van der Waals surface area contributed by atoms with Crippen LogP contribution in [0.15, 0.2) is 22.7 Å². The van der Waals surface area contributed by atoms with E-state index in [0.29, 0.717) is 17.5 Å². The molecule has 0 bridgehead atoms. The number of halogens is 1. The third kappa shape index (κ3) is 4.24. The van der Waals surface area contributed by atoms with Crippen LogP contribution in [0.2, 0.25) is 0 Å². The smallest absolute Gasteiger partial charge is 0.0992 e. The molecule has 1 aromatic carbocycles. The molecule has 0 aliphatic heterocycles. The minimum Gasteiger partial charge on any atom is -0.383 e. The predicted molar refractivity (Wildman–Crippen MR) is 71.4 cm³/mol. The Morgan fingerprint density at radius 3 is 2.56 bits per heavy atom. The van der Waals surface area contributed by atoms with Crippen LogP contribution >= 0.6 is 15.9 Å². The second kappa shape index (κ2) is 5.91.